The Bertz CT molecular complexity index is 450. The molecule has 1 N–H and O–H groups in total. The standard InChI is InChI=1S/C17H27N3O/c1-19(2)16-6-4-15(5-7-16)13-20(3)17(21)12-14-8-10-18-11-9-14/h4-7,14,18H,8-13H2,1-3H3. The number of nitrogens with zero attached hydrogens (tertiary/aromatic N) is 2. The summed E-state index contributed by atoms with van der Waals surface area (Å²) in [6, 6.07) is 8.40. The second-order valence-electron chi connectivity index (χ2n) is 6.21. The molecular formula is C17H27N3O. The van der Waals surface area contributed by atoms with Crippen LogP contribution in [0, 0.1) is 5.92 Å². The summed E-state index contributed by atoms with van der Waals surface area (Å²) in [4.78, 5) is 16.2. The van der Waals surface area contributed by atoms with E-state index in [-0.39, 0.29) is 5.91 Å². The molecule has 0 unspecified atom stereocenters. The predicted octanol–water partition coefficient (Wildman–Crippen LogP) is 2.10. The van der Waals surface area contributed by atoms with E-state index in [9.17, 15) is 4.79 Å². The van der Waals surface area contributed by atoms with Gasteiger partial charge in [-0.15, -0.1) is 0 Å². The van der Waals surface area contributed by atoms with Crippen molar-refractivity contribution in [1.29, 1.82) is 0 Å². The molecule has 0 bridgehead atoms. The number of amides is 1. The zero-order valence-corrected chi connectivity index (χ0v) is 13.4. The zero-order chi connectivity index (χ0) is 15.2. The molecular weight excluding hydrogens is 262 g/mol. The second-order valence-corrected chi connectivity index (χ2v) is 6.21. The van der Waals surface area contributed by atoms with Gasteiger partial charge in [0.25, 0.3) is 0 Å². The third-order valence-electron chi connectivity index (χ3n) is 4.22. The first kappa shape index (κ1) is 15.8. The molecule has 1 aromatic rings. The van der Waals surface area contributed by atoms with Gasteiger partial charge in [-0.05, 0) is 49.5 Å². The monoisotopic (exact) mass is 289 g/mol. The van der Waals surface area contributed by atoms with Crippen molar-refractivity contribution in [2.75, 3.05) is 39.1 Å². The van der Waals surface area contributed by atoms with Crippen LogP contribution in [0.5, 0.6) is 0 Å². The van der Waals surface area contributed by atoms with E-state index in [1.165, 1.54) is 11.3 Å². The molecule has 1 saturated heterocycles. The summed E-state index contributed by atoms with van der Waals surface area (Å²) in [7, 11) is 5.97. The molecule has 1 aliphatic heterocycles. The molecule has 0 radical (unpaired) electrons. The fraction of sp³-hybridized carbons (Fsp3) is 0.588. The first-order chi connectivity index (χ1) is 10.1. The van der Waals surface area contributed by atoms with Crippen LogP contribution in [0.2, 0.25) is 0 Å². The van der Waals surface area contributed by atoms with Gasteiger partial charge in [0.2, 0.25) is 5.91 Å². The number of anilines is 1. The number of piperidine rings is 1. The lowest BCUT2D eigenvalue weighted by Gasteiger charge is -2.25. The third kappa shape index (κ3) is 4.74. The topological polar surface area (TPSA) is 35.6 Å². The highest BCUT2D eigenvalue weighted by atomic mass is 16.2. The van der Waals surface area contributed by atoms with E-state index in [1.54, 1.807) is 0 Å². The first-order valence-electron chi connectivity index (χ1n) is 7.77. The Balaban J connectivity index is 1.84. The zero-order valence-electron chi connectivity index (χ0n) is 13.4. The first-order valence-corrected chi connectivity index (χ1v) is 7.77. The SMILES string of the molecule is CN(Cc1ccc(N(C)C)cc1)C(=O)CC1CCNCC1. The van der Waals surface area contributed by atoms with Crippen LogP contribution in [-0.4, -0.2) is 45.0 Å². The molecule has 1 aliphatic rings. The Morgan fingerprint density at radius 3 is 2.33 bits per heavy atom. The second kappa shape index (κ2) is 7.46. The Kier molecular flexibility index (Phi) is 5.62. The Hall–Kier alpha value is -1.55. The average Bonchev–Trinajstić information content (AvgIpc) is 2.48. The molecule has 116 valence electrons. The van der Waals surface area contributed by atoms with E-state index in [2.05, 4.69) is 34.5 Å². The molecule has 0 spiro atoms. The van der Waals surface area contributed by atoms with Gasteiger partial charge in [0.15, 0.2) is 0 Å². The molecule has 2 rings (SSSR count). The van der Waals surface area contributed by atoms with Gasteiger partial charge in [-0.3, -0.25) is 4.79 Å². The van der Waals surface area contributed by atoms with Gasteiger partial charge in [0, 0.05) is 39.8 Å². The van der Waals surface area contributed by atoms with Crippen molar-refractivity contribution in [3.8, 4) is 0 Å². The minimum Gasteiger partial charge on any atom is -0.378 e. The molecule has 1 amide bonds. The van der Waals surface area contributed by atoms with Crippen molar-refractivity contribution in [3.63, 3.8) is 0 Å². The largest absolute Gasteiger partial charge is 0.378 e. The maximum absolute atomic E-state index is 12.3. The van der Waals surface area contributed by atoms with Crippen molar-refractivity contribution in [1.82, 2.24) is 10.2 Å². The van der Waals surface area contributed by atoms with Gasteiger partial charge in [0.1, 0.15) is 0 Å². The summed E-state index contributed by atoms with van der Waals surface area (Å²) in [6.07, 6.45) is 2.93. The van der Waals surface area contributed by atoms with E-state index < -0.39 is 0 Å². The van der Waals surface area contributed by atoms with Gasteiger partial charge in [0.05, 0.1) is 0 Å². The number of carbonyl (C=O) groups excluding carboxylic acids is 1. The average molecular weight is 289 g/mol. The quantitative estimate of drug-likeness (QED) is 0.901. The number of nitrogens with one attached hydrogen (secondary N) is 1. The number of benzene rings is 1. The lowest BCUT2D eigenvalue weighted by molar-refractivity contribution is -0.131. The van der Waals surface area contributed by atoms with Crippen LogP contribution in [-0.2, 0) is 11.3 Å². The van der Waals surface area contributed by atoms with Crippen LogP contribution >= 0.6 is 0 Å². The van der Waals surface area contributed by atoms with Crippen LogP contribution in [0.1, 0.15) is 24.8 Å². The highest BCUT2D eigenvalue weighted by Crippen LogP contribution is 2.18. The number of carbonyl (C=O) groups is 1. The Morgan fingerprint density at radius 1 is 1.14 bits per heavy atom. The fourth-order valence-corrected chi connectivity index (χ4v) is 2.75. The summed E-state index contributed by atoms with van der Waals surface area (Å²) < 4.78 is 0. The molecule has 0 aliphatic carbocycles. The van der Waals surface area contributed by atoms with Gasteiger partial charge in [-0.2, -0.15) is 0 Å². The van der Waals surface area contributed by atoms with E-state index >= 15 is 0 Å². The summed E-state index contributed by atoms with van der Waals surface area (Å²) in [5.41, 5.74) is 2.36. The number of rotatable bonds is 5. The number of hydrogen-bond acceptors (Lipinski definition) is 3. The maximum atomic E-state index is 12.3. The summed E-state index contributed by atoms with van der Waals surface area (Å²) in [6.45, 7) is 2.79. The molecule has 0 aromatic heterocycles. The molecule has 4 nitrogen and oxygen atoms in total. The van der Waals surface area contributed by atoms with Crippen LogP contribution in [0.3, 0.4) is 0 Å². The molecule has 1 fully saturated rings. The van der Waals surface area contributed by atoms with Gasteiger partial charge < -0.3 is 15.1 Å². The summed E-state index contributed by atoms with van der Waals surface area (Å²) in [5, 5.41) is 3.34. The van der Waals surface area contributed by atoms with Crippen molar-refractivity contribution in [2.24, 2.45) is 5.92 Å². The molecule has 1 aromatic carbocycles. The van der Waals surface area contributed by atoms with E-state index in [4.69, 9.17) is 0 Å². The summed E-state index contributed by atoms with van der Waals surface area (Å²) >= 11 is 0. The summed E-state index contributed by atoms with van der Waals surface area (Å²) in [5.74, 6) is 0.816. The van der Waals surface area contributed by atoms with Crippen molar-refractivity contribution in [2.45, 2.75) is 25.8 Å². The Morgan fingerprint density at radius 2 is 1.76 bits per heavy atom. The third-order valence-corrected chi connectivity index (χ3v) is 4.22. The Labute approximate surface area is 128 Å². The molecule has 1 heterocycles. The highest BCUT2D eigenvalue weighted by Gasteiger charge is 2.19. The van der Waals surface area contributed by atoms with E-state index in [0.717, 1.165) is 25.9 Å². The maximum Gasteiger partial charge on any atom is 0.222 e. The fourth-order valence-electron chi connectivity index (χ4n) is 2.75. The van der Waals surface area contributed by atoms with Gasteiger partial charge in [-0.25, -0.2) is 0 Å². The van der Waals surface area contributed by atoms with Crippen LogP contribution in [0.25, 0.3) is 0 Å². The van der Waals surface area contributed by atoms with Crippen LogP contribution in [0.15, 0.2) is 24.3 Å². The normalized spacial score (nSPS) is 15.8. The smallest absolute Gasteiger partial charge is 0.222 e. The van der Waals surface area contributed by atoms with Gasteiger partial charge in [-0.1, -0.05) is 12.1 Å². The van der Waals surface area contributed by atoms with E-state index in [0.29, 0.717) is 18.9 Å². The van der Waals surface area contributed by atoms with Crippen LogP contribution in [0.4, 0.5) is 5.69 Å². The predicted molar refractivity (Wildman–Crippen MR) is 87.5 cm³/mol. The molecule has 4 heteroatoms. The van der Waals surface area contributed by atoms with Crippen molar-refractivity contribution in [3.05, 3.63) is 29.8 Å². The minimum atomic E-state index is 0.263. The van der Waals surface area contributed by atoms with Crippen LogP contribution < -0.4 is 10.2 Å². The van der Waals surface area contributed by atoms with Crippen molar-refractivity contribution < 1.29 is 4.79 Å². The lowest BCUT2D eigenvalue weighted by Crippen LogP contribution is -2.33. The van der Waals surface area contributed by atoms with E-state index in [1.807, 2.05) is 26.0 Å². The highest BCUT2D eigenvalue weighted by molar-refractivity contribution is 5.76. The minimum absolute atomic E-state index is 0.263. The molecule has 21 heavy (non-hydrogen) atoms. The van der Waals surface area contributed by atoms with Crippen molar-refractivity contribution >= 4 is 11.6 Å². The molecule has 0 saturated carbocycles. The van der Waals surface area contributed by atoms with Gasteiger partial charge >= 0.3 is 0 Å². The lowest BCUT2D eigenvalue weighted by atomic mass is 9.94. The molecule has 0 atom stereocenters. The number of hydrogen-bond donors (Lipinski definition) is 1.